The summed E-state index contributed by atoms with van der Waals surface area (Å²) in [6.07, 6.45) is 0.0292. The Kier molecular flexibility index (Phi) is 6.69. The summed E-state index contributed by atoms with van der Waals surface area (Å²) in [5, 5.41) is 33.7. The molecule has 0 bridgehead atoms. The van der Waals surface area contributed by atoms with Crippen molar-refractivity contribution in [3.63, 3.8) is 0 Å². The first kappa shape index (κ1) is 30.9. The van der Waals surface area contributed by atoms with Crippen molar-refractivity contribution in [3.05, 3.63) is 122 Å². The van der Waals surface area contributed by atoms with Crippen LogP contribution in [0.25, 0.3) is 0 Å². The maximum Gasteiger partial charge on any atom is 0.261 e. The number of phenols is 1. The fourth-order valence-corrected chi connectivity index (χ4v) is 8.21. The molecular formula is C37H27N3O10. The van der Waals surface area contributed by atoms with E-state index >= 15 is 0 Å². The molecule has 0 fully saturated rings. The molecule has 5 amide bonds. The topological polar surface area (TPSA) is 213 Å². The number of hydrogen-bond donors (Lipinski definition) is 4. The zero-order chi connectivity index (χ0) is 35.3. The van der Waals surface area contributed by atoms with Crippen LogP contribution in [0.15, 0.2) is 77.3 Å². The number of carbonyl (C=O) groups is 7. The van der Waals surface area contributed by atoms with Gasteiger partial charge in [-0.2, -0.15) is 0 Å². The average molecular weight is 674 g/mol. The van der Waals surface area contributed by atoms with Gasteiger partial charge in [0.05, 0.1) is 46.8 Å². The molecule has 3 aliphatic carbocycles. The van der Waals surface area contributed by atoms with Crippen molar-refractivity contribution < 1.29 is 48.9 Å². The van der Waals surface area contributed by atoms with Crippen LogP contribution in [0.2, 0.25) is 0 Å². The van der Waals surface area contributed by atoms with E-state index in [0.717, 1.165) is 9.80 Å². The van der Waals surface area contributed by atoms with Crippen LogP contribution < -0.4 is 5.73 Å². The molecule has 3 atom stereocenters. The number of Topliss-reactive ketones (excluding diaryl/α,β-unsaturated/α-hetero) is 2. The standard InChI is InChI=1S/C37H27N3O10/c38-33(46)28-24(41)12-16-9-15-11-23-17(13-39-34(47)19-5-1-2-6-20(19)35(39)48)10-18(14-40-36(49)21-7-3-4-8-22(21)37(40)50)29(42)27(23)31(44)25(15)30(43)26(16)32(28)45/h1-8,10,15-16,26,41-43H,9,11-14H2,(H2,38,46)/t15-,16+,26?/m1/s1. The first-order valence-corrected chi connectivity index (χ1v) is 15.9. The highest BCUT2D eigenvalue weighted by molar-refractivity contribution is 6.23. The zero-order valence-corrected chi connectivity index (χ0v) is 26.1. The van der Waals surface area contributed by atoms with Crippen LogP contribution in [0.5, 0.6) is 5.75 Å². The number of rotatable bonds is 5. The van der Waals surface area contributed by atoms with Crippen molar-refractivity contribution in [1.29, 1.82) is 0 Å². The summed E-state index contributed by atoms with van der Waals surface area (Å²) in [4.78, 5) is 95.0. The van der Waals surface area contributed by atoms with Crippen molar-refractivity contribution in [3.8, 4) is 5.75 Å². The van der Waals surface area contributed by atoms with Gasteiger partial charge in [0.2, 0.25) is 0 Å². The van der Waals surface area contributed by atoms with Gasteiger partial charge in [0.25, 0.3) is 29.5 Å². The molecular weight excluding hydrogens is 646 g/mol. The van der Waals surface area contributed by atoms with Crippen molar-refractivity contribution in [2.24, 2.45) is 23.5 Å². The van der Waals surface area contributed by atoms with E-state index in [1.54, 1.807) is 24.3 Å². The predicted molar refractivity (Wildman–Crippen MR) is 171 cm³/mol. The molecule has 0 spiro atoms. The maximum atomic E-state index is 14.4. The van der Waals surface area contributed by atoms with Gasteiger partial charge in [-0.3, -0.25) is 43.4 Å². The lowest BCUT2D eigenvalue weighted by molar-refractivity contribution is -0.126. The minimum Gasteiger partial charge on any atom is -0.511 e. The van der Waals surface area contributed by atoms with Crippen LogP contribution in [0.4, 0.5) is 0 Å². The van der Waals surface area contributed by atoms with Gasteiger partial charge in [0.15, 0.2) is 11.6 Å². The molecule has 3 aromatic carbocycles. The van der Waals surface area contributed by atoms with Crippen molar-refractivity contribution in [2.75, 3.05) is 0 Å². The zero-order valence-electron chi connectivity index (χ0n) is 26.1. The molecule has 250 valence electrons. The second kappa shape index (κ2) is 10.8. The quantitative estimate of drug-likeness (QED) is 0.230. The minimum atomic E-state index is -1.33. The Balaban J connectivity index is 1.25. The Bertz CT molecular complexity index is 2200. The first-order chi connectivity index (χ1) is 23.9. The summed E-state index contributed by atoms with van der Waals surface area (Å²) >= 11 is 0. The number of nitrogens with zero attached hydrogens (tertiary/aromatic N) is 2. The molecule has 0 aromatic heterocycles. The van der Waals surface area contributed by atoms with E-state index in [4.69, 9.17) is 5.73 Å². The van der Waals surface area contributed by atoms with Gasteiger partial charge in [-0.05, 0) is 66.1 Å². The fraction of sp³-hybridized carbons (Fsp3) is 0.216. The summed E-state index contributed by atoms with van der Waals surface area (Å²) in [6.45, 7) is -0.775. The third kappa shape index (κ3) is 4.22. The number of aliphatic hydroxyl groups is 2. The van der Waals surface area contributed by atoms with Crippen LogP contribution in [0, 0.1) is 17.8 Å². The summed E-state index contributed by atoms with van der Waals surface area (Å²) in [5.74, 6) is -9.64. The molecule has 1 unspecified atom stereocenters. The molecule has 3 aromatic rings. The van der Waals surface area contributed by atoms with Crippen molar-refractivity contribution >= 4 is 41.1 Å². The van der Waals surface area contributed by atoms with Gasteiger partial charge in [-0.1, -0.05) is 24.3 Å². The van der Waals surface area contributed by atoms with E-state index in [1.807, 2.05) is 0 Å². The minimum absolute atomic E-state index is 0.0249. The molecule has 0 radical (unpaired) electrons. The lowest BCUT2D eigenvalue weighted by Crippen LogP contribution is -2.43. The summed E-state index contributed by atoms with van der Waals surface area (Å²) in [5.41, 5.74) is 5.57. The molecule has 8 rings (SSSR count). The van der Waals surface area contributed by atoms with Crippen molar-refractivity contribution in [1.82, 2.24) is 9.80 Å². The molecule has 13 nitrogen and oxygen atoms in total. The van der Waals surface area contributed by atoms with Crippen LogP contribution in [-0.2, 0) is 29.1 Å². The smallest absolute Gasteiger partial charge is 0.261 e. The predicted octanol–water partition coefficient (Wildman–Crippen LogP) is 3.06. The van der Waals surface area contributed by atoms with Crippen LogP contribution in [0.3, 0.4) is 0 Å². The molecule has 5 aliphatic rings. The average Bonchev–Trinajstić information content (AvgIpc) is 3.46. The molecule has 2 heterocycles. The maximum absolute atomic E-state index is 14.4. The van der Waals surface area contributed by atoms with Crippen LogP contribution in [0.1, 0.15) is 81.3 Å². The highest BCUT2D eigenvalue weighted by Crippen LogP contribution is 2.50. The number of phenolic OH excluding ortho intramolecular Hbond substituents is 1. The summed E-state index contributed by atoms with van der Waals surface area (Å²) in [7, 11) is 0. The number of imide groups is 2. The Labute approximate surface area is 282 Å². The van der Waals surface area contributed by atoms with E-state index in [9.17, 15) is 48.9 Å². The lowest BCUT2D eigenvalue weighted by atomic mass is 9.62. The molecule has 0 saturated carbocycles. The number of amides is 5. The van der Waals surface area contributed by atoms with Gasteiger partial charge in [0, 0.05) is 17.6 Å². The number of fused-ring (bicyclic) bond motifs is 5. The van der Waals surface area contributed by atoms with Gasteiger partial charge in [-0.25, -0.2) is 0 Å². The van der Waals surface area contributed by atoms with Crippen LogP contribution >= 0.6 is 0 Å². The number of hydrogen-bond acceptors (Lipinski definition) is 10. The van der Waals surface area contributed by atoms with Crippen molar-refractivity contribution in [2.45, 2.75) is 32.4 Å². The third-order valence-electron chi connectivity index (χ3n) is 10.5. The third-order valence-corrected chi connectivity index (χ3v) is 10.5. The number of benzene rings is 3. The summed E-state index contributed by atoms with van der Waals surface area (Å²) in [6, 6.07) is 14.0. The fourth-order valence-electron chi connectivity index (χ4n) is 8.21. The molecule has 50 heavy (non-hydrogen) atoms. The second-order valence-corrected chi connectivity index (χ2v) is 13.1. The number of allylic oxidation sites excluding steroid dienone is 3. The molecule has 5 N–H and O–H groups in total. The number of aromatic hydroxyl groups is 1. The lowest BCUT2D eigenvalue weighted by Gasteiger charge is -2.41. The Hall–Kier alpha value is -6.37. The van der Waals surface area contributed by atoms with Gasteiger partial charge in [0.1, 0.15) is 22.8 Å². The van der Waals surface area contributed by atoms with Gasteiger partial charge in [-0.15, -0.1) is 0 Å². The van der Waals surface area contributed by atoms with Gasteiger partial charge < -0.3 is 21.1 Å². The first-order valence-electron chi connectivity index (χ1n) is 15.9. The Morgan fingerprint density at radius 3 is 1.74 bits per heavy atom. The number of nitrogens with two attached hydrogens (primary N) is 1. The largest absolute Gasteiger partial charge is 0.511 e. The number of carbonyl (C=O) groups excluding carboxylic acids is 7. The molecule has 13 heteroatoms. The number of primary amides is 1. The normalized spacial score (nSPS) is 22.5. The monoisotopic (exact) mass is 673 g/mol. The van der Waals surface area contributed by atoms with E-state index in [-0.39, 0.29) is 70.3 Å². The van der Waals surface area contributed by atoms with Crippen LogP contribution in [-0.4, -0.2) is 66.2 Å². The van der Waals surface area contributed by atoms with Gasteiger partial charge >= 0.3 is 0 Å². The highest BCUT2D eigenvalue weighted by atomic mass is 16.3. The van der Waals surface area contributed by atoms with E-state index in [2.05, 4.69) is 0 Å². The SMILES string of the molecule is NC(=O)C1=C(O)C[C@@H]2C[C@@H]3Cc4c(CN5C(=O)c6ccccc6C5=O)cc(CN5C(=O)c6ccccc6C5=O)c(O)c4C(=O)C3=C(O)C2C1=O. The Morgan fingerprint density at radius 1 is 0.740 bits per heavy atom. The Morgan fingerprint density at radius 2 is 1.24 bits per heavy atom. The van der Waals surface area contributed by atoms with E-state index in [0.29, 0.717) is 5.56 Å². The second-order valence-electron chi connectivity index (χ2n) is 13.1. The van der Waals surface area contributed by atoms with E-state index < -0.39 is 88.2 Å². The van der Waals surface area contributed by atoms with E-state index in [1.165, 1.54) is 30.3 Å². The summed E-state index contributed by atoms with van der Waals surface area (Å²) < 4.78 is 0. The number of ketones is 2. The highest BCUT2D eigenvalue weighted by Gasteiger charge is 2.51. The molecule has 2 aliphatic heterocycles. The molecule has 0 saturated heterocycles. The number of aliphatic hydroxyl groups excluding tert-OH is 2.